The number of rotatable bonds is 17. The van der Waals surface area contributed by atoms with Crippen LogP contribution in [0.15, 0.2) is 83.5 Å². The summed E-state index contributed by atoms with van der Waals surface area (Å²) in [5.41, 5.74) is 2.27. The Hall–Kier alpha value is -11.1. The molecule has 694 valence electrons. The minimum Gasteiger partial charge on any atom is -0.458 e. The first-order valence-electron chi connectivity index (χ1n) is 42.3. The molecule has 0 saturated carbocycles. The molecule has 0 aliphatic carbocycles. The fourth-order valence-electron chi connectivity index (χ4n) is 18.1. The molecule has 45 heteroatoms. The number of allylic oxidation sites excluding steroid dienone is 1. The first-order valence-corrected chi connectivity index (χ1v) is 45.3. The van der Waals surface area contributed by atoms with Gasteiger partial charge in [-0.2, -0.15) is 0 Å². The largest absolute Gasteiger partial charge is 0.469 e. The highest BCUT2D eigenvalue weighted by molar-refractivity contribution is 7.46. The van der Waals surface area contributed by atoms with E-state index in [9.17, 15) is 109 Å². The lowest BCUT2D eigenvalue weighted by Gasteiger charge is -2.39. The average molecular weight is 1830 g/mol. The third kappa shape index (κ3) is 23.5. The van der Waals surface area contributed by atoms with Crippen molar-refractivity contribution in [2.75, 3.05) is 51.1 Å². The van der Waals surface area contributed by atoms with Crippen LogP contribution in [0, 0.1) is 35.1 Å². The lowest BCUT2D eigenvalue weighted by molar-refractivity contribution is -0.163. The number of benzene rings is 3. The first-order chi connectivity index (χ1) is 60.3. The Morgan fingerprint density at radius 1 is 0.531 bits per heavy atom. The number of carbonyl (C=O) groups excluding carboxylic acids is 14. The van der Waals surface area contributed by atoms with E-state index in [-0.39, 0.29) is 81.2 Å². The van der Waals surface area contributed by atoms with Crippen molar-refractivity contribution < 1.29 is 132 Å². The number of hydrogen-bond acceptors (Lipinski definition) is 21. The number of fused-ring (bicyclic) bond motifs is 7. The van der Waals surface area contributed by atoms with Crippen molar-refractivity contribution in [1.82, 2.24) is 65.9 Å². The summed E-state index contributed by atoms with van der Waals surface area (Å²) in [6.45, 7) is 10.4. The molecule has 18 atom stereocenters. The molecule has 0 unspecified atom stereocenters. The number of hydrogen-bond donors (Lipinski definition) is 11. The number of ether oxygens (including phenoxy) is 2. The molecular formula is C83H105F4N15O24P2. The molecule has 3 aromatic carbocycles. The lowest BCUT2D eigenvalue weighted by atomic mass is 9.98. The maximum absolute atomic E-state index is 15.0. The van der Waals surface area contributed by atoms with Crippen LogP contribution in [-0.2, 0) is 110 Å². The number of halogens is 4. The summed E-state index contributed by atoms with van der Waals surface area (Å²) in [5, 5.41) is 19.0. The Bertz CT molecular complexity index is 5150. The standard InChI is InChI=1S/C43H53F2N8O12P.C40H52F2N7O12P/c1-22-13-35-42(59)64-24(3)36(49-37(54)31(16-25-14-27(44)17-28(45)15-25)48-43(60)47-29-9-8-26-10-12-50(4)33(26)18-29)41(58)53-21-30(65-66(61,62)63)19-34(53)40(57)51-11-6-5-7-32(51)38(55)46-23(2)39(56)52(35)20-22;1-20-9-27(43-17-20)15-33(50)45-29(13-24-11-25(41)14-26(42)12-24)35(51)46-34-23(4)60-40(56)32-10-21(2)18-48(32)37(53)22(3)44-36(52)30-7-5-6-8-47(30)38(54)31-16-28(61-62(57,58)59)19-49(31)39(34)55/h8-10,12,14-15,17-18,22-24,30-32,34-36H,5-7,11,13,16,19-21H2,1-4H3,(H,46,55)(H,49,54)(H2,47,48,60)(H2,61,62,63);9,11-12,14,21-23,28-32,34H,5-8,10,13,15-19H2,1-4H3,(H,44,52)(H,45,50)(H,46,51)(H2,57,58,59)/t22-,23+,24+,30-,31+,32+,34+,35+,36+;21-,22+,23+,28-,29+,30+,31+,32+,34+/m11/s1. The summed E-state index contributed by atoms with van der Waals surface area (Å²) in [5.74, 6) is -15.3. The second-order valence-corrected chi connectivity index (χ2v) is 36.7. The highest BCUT2D eigenvalue weighted by atomic mass is 31.2. The number of nitrogens with zero attached hydrogens (tertiary/aromatic N) is 8. The zero-order chi connectivity index (χ0) is 93.0. The number of phosphoric acid groups is 2. The Kier molecular flexibility index (Phi) is 30.2. The van der Waals surface area contributed by atoms with Gasteiger partial charge in [0.05, 0.1) is 25.2 Å². The van der Waals surface area contributed by atoms with Gasteiger partial charge in [-0.1, -0.05) is 25.5 Å². The van der Waals surface area contributed by atoms with Crippen LogP contribution in [0.1, 0.15) is 130 Å². The van der Waals surface area contributed by atoms with E-state index in [0.29, 0.717) is 55.8 Å². The Labute approximate surface area is 732 Å². The van der Waals surface area contributed by atoms with Gasteiger partial charge in [-0.25, -0.2) is 41.1 Å². The highest BCUT2D eigenvalue weighted by Crippen LogP contribution is 2.44. The van der Waals surface area contributed by atoms with Gasteiger partial charge in [-0.05, 0) is 163 Å². The van der Waals surface area contributed by atoms with E-state index in [2.05, 4.69) is 42.2 Å². The van der Waals surface area contributed by atoms with Crippen molar-refractivity contribution in [2.45, 2.75) is 229 Å². The fourth-order valence-corrected chi connectivity index (χ4v) is 19.2. The van der Waals surface area contributed by atoms with E-state index < -0.39 is 258 Å². The maximum atomic E-state index is 15.0. The number of urea groups is 1. The minimum atomic E-state index is -5.22. The molecule has 8 saturated heterocycles. The van der Waals surface area contributed by atoms with Gasteiger partial charge in [0.2, 0.25) is 65.0 Å². The van der Waals surface area contributed by atoms with Gasteiger partial charge in [-0.3, -0.25) is 66.8 Å². The summed E-state index contributed by atoms with van der Waals surface area (Å²) in [7, 11) is -8.61. The molecule has 128 heavy (non-hydrogen) atoms. The second-order valence-electron chi connectivity index (χ2n) is 34.3. The van der Waals surface area contributed by atoms with Crippen molar-refractivity contribution in [2.24, 2.45) is 23.9 Å². The summed E-state index contributed by atoms with van der Waals surface area (Å²) in [6.07, 6.45) is -2.00. The number of amides is 13. The lowest BCUT2D eigenvalue weighted by Crippen LogP contribution is -2.63. The summed E-state index contributed by atoms with van der Waals surface area (Å²) in [6, 6.07) is -5.94. The average Bonchev–Trinajstić information content (AvgIpc) is 1.60. The molecule has 10 heterocycles. The van der Waals surface area contributed by atoms with Gasteiger partial charge < -0.3 is 100 Å². The minimum absolute atomic E-state index is 0.0437. The van der Waals surface area contributed by atoms with Crippen LogP contribution in [0.25, 0.3) is 10.9 Å². The molecule has 8 fully saturated rings. The van der Waals surface area contributed by atoms with Crippen LogP contribution >= 0.6 is 15.6 Å². The van der Waals surface area contributed by atoms with E-state index in [0.717, 1.165) is 50.5 Å². The number of carbonyl (C=O) groups is 14. The third-order valence-corrected chi connectivity index (χ3v) is 25.2. The highest BCUT2D eigenvalue weighted by Gasteiger charge is 2.54. The third-order valence-electron chi connectivity index (χ3n) is 24.1. The molecule has 39 nitrogen and oxygen atoms in total. The smallest absolute Gasteiger partial charge is 0.458 e. The van der Waals surface area contributed by atoms with Gasteiger partial charge >= 0.3 is 33.6 Å². The SMILES string of the molecule is CC1=CC(CC(=O)N[C@@H](Cc2cc(F)cc(F)c2)C(=O)N[C@@H]2C(=O)N3C[C@H](OP(=O)(O)O)C[C@H]3C(=O)N3CCCC[C@H]3C(=O)N[C@@H](C)C(=O)N3C[C@H](C)C[C@H]3C(=O)O[C@H]2C)=NC1.C[C@@H]1C[C@H]2C(=O)O[C@@H](C)[C@H](NC(=O)[C@H](Cc3cc(F)cc(F)c3)NC(=O)Nc3ccc4ccn(C)c4c3)C(=O)N3C[C@H](OP(=O)(O)O)C[C@H]3C(=O)N3CCCC[C@H]3C(=O)N[C@@H](C)C(=O)N2C1. The quantitative estimate of drug-likeness (QED) is 0.0410. The second kappa shape index (κ2) is 40.3. The van der Waals surface area contributed by atoms with E-state index in [1.807, 2.05) is 23.8 Å². The first kappa shape index (κ1) is 96.0. The number of esters is 2. The summed E-state index contributed by atoms with van der Waals surface area (Å²) >= 11 is 0. The predicted octanol–water partition coefficient (Wildman–Crippen LogP) is 2.24. The van der Waals surface area contributed by atoms with E-state index in [1.165, 1.54) is 47.3 Å². The number of cyclic esters (lactones) is 2. The summed E-state index contributed by atoms with van der Waals surface area (Å²) in [4.78, 5) is 249. The fraction of sp³-hybridized carbons (Fsp3) is 0.554. The molecule has 1 aromatic heterocycles. The van der Waals surface area contributed by atoms with Crippen molar-refractivity contribution in [3.05, 3.63) is 113 Å². The van der Waals surface area contributed by atoms with Crippen molar-refractivity contribution in [1.29, 1.82) is 0 Å². The molecule has 4 aromatic rings. The molecule has 13 amide bonds. The van der Waals surface area contributed by atoms with Crippen LogP contribution in [0.2, 0.25) is 0 Å². The van der Waals surface area contributed by atoms with Crippen LogP contribution in [0.4, 0.5) is 28.0 Å². The van der Waals surface area contributed by atoms with Crippen LogP contribution in [0.3, 0.4) is 0 Å². The Morgan fingerprint density at radius 3 is 1.38 bits per heavy atom. The molecular weight excluding hydrogens is 1730 g/mol. The van der Waals surface area contributed by atoms with Crippen molar-refractivity contribution >= 4 is 121 Å². The van der Waals surface area contributed by atoms with Crippen molar-refractivity contribution in [3.63, 3.8) is 0 Å². The number of aromatic nitrogens is 1. The number of anilines is 1. The van der Waals surface area contributed by atoms with Crippen LogP contribution in [-0.4, -0.2) is 285 Å². The van der Waals surface area contributed by atoms with Gasteiger partial charge in [0, 0.05) is 107 Å². The summed E-state index contributed by atoms with van der Waals surface area (Å²) < 4.78 is 105. The topological polar surface area (TPSA) is 512 Å². The maximum Gasteiger partial charge on any atom is 0.469 e. The van der Waals surface area contributed by atoms with Gasteiger partial charge in [0.1, 0.15) is 108 Å². The van der Waals surface area contributed by atoms with E-state index in [4.69, 9.17) is 18.5 Å². The Morgan fingerprint density at radius 2 is 0.961 bits per heavy atom. The number of nitrogens with one attached hydrogen (secondary N) is 7. The normalized spacial score (nSPS) is 28.2. The van der Waals surface area contributed by atoms with E-state index in [1.54, 1.807) is 45.2 Å². The molecule has 11 N–H and O–H groups in total. The zero-order valence-electron chi connectivity index (χ0n) is 71.4. The molecule has 0 spiro atoms. The van der Waals surface area contributed by atoms with Crippen molar-refractivity contribution in [3.8, 4) is 0 Å². The molecule has 0 bridgehead atoms. The molecule has 13 rings (SSSR count). The predicted molar refractivity (Wildman–Crippen MR) is 443 cm³/mol. The van der Waals surface area contributed by atoms with E-state index >= 15 is 4.79 Å². The van der Waals surface area contributed by atoms with Crippen LogP contribution < -0.4 is 37.2 Å². The zero-order valence-corrected chi connectivity index (χ0v) is 73.2. The number of aryl methyl sites for hydroxylation is 1. The Balaban J connectivity index is 0.000000233. The van der Waals surface area contributed by atoms with Gasteiger partial charge in [0.15, 0.2) is 0 Å². The number of piperidine rings is 2. The molecule has 9 aliphatic rings. The number of aliphatic imine (C=N–C) groups is 1. The monoisotopic (exact) mass is 1830 g/mol. The van der Waals surface area contributed by atoms with Gasteiger partial charge in [0.25, 0.3) is 0 Å². The number of phosphoric ester groups is 2. The van der Waals surface area contributed by atoms with Crippen LogP contribution in [0.5, 0.6) is 0 Å². The van der Waals surface area contributed by atoms with Gasteiger partial charge in [-0.15, -0.1) is 0 Å². The molecule has 0 radical (unpaired) electrons. The molecule has 9 aliphatic heterocycles.